The highest BCUT2D eigenvalue weighted by Crippen LogP contribution is 2.39. The zero-order valence-electron chi connectivity index (χ0n) is 17.4. The average Bonchev–Trinajstić information content (AvgIpc) is 3.10. The molecule has 1 aliphatic carbocycles. The Balaban J connectivity index is 1.39. The average molecular weight is 398 g/mol. The number of nitrogens with zero attached hydrogens (tertiary/aromatic N) is 3. The minimum atomic E-state index is -0.355. The van der Waals surface area contributed by atoms with Gasteiger partial charge in [0.1, 0.15) is 5.75 Å². The van der Waals surface area contributed by atoms with Gasteiger partial charge < -0.3 is 9.64 Å². The first-order chi connectivity index (χ1) is 14.1. The van der Waals surface area contributed by atoms with Crippen LogP contribution in [0.25, 0.3) is 0 Å². The summed E-state index contributed by atoms with van der Waals surface area (Å²) in [5.41, 5.74) is 5.20. The smallest absolute Gasteiger partial charge is 0.255 e. The third-order valence-electron chi connectivity index (χ3n) is 6.37. The molecule has 6 nitrogen and oxygen atoms in total. The molecule has 1 atom stereocenters. The first kappa shape index (κ1) is 20.0. The number of hydrogen-bond acceptors (Lipinski definition) is 5. The van der Waals surface area contributed by atoms with Crippen LogP contribution in [0.2, 0.25) is 0 Å². The fraction of sp³-hybridized carbons (Fsp3) is 0.522. The lowest BCUT2D eigenvalue weighted by atomic mass is 9.92. The van der Waals surface area contributed by atoms with Crippen LogP contribution in [0.4, 0.5) is 5.69 Å². The summed E-state index contributed by atoms with van der Waals surface area (Å²) >= 11 is 0. The van der Waals surface area contributed by atoms with E-state index in [1.165, 1.54) is 19.9 Å². The fourth-order valence-electron chi connectivity index (χ4n) is 4.80. The van der Waals surface area contributed by atoms with Gasteiger partial charge in [0, 0.05) is 45.5 Å². The molecule has 0 fully saturated rings. The molecule has 0 saturated carbocycles. The van der Waals surface area contributed by atoms with Gasteiger partial charge >= 0.3 is 0 Å². The molecule has 0 bridgehead atoms. The molecule has 2 heterocycles. The second kappa shape index (κ2) is 8.59. The minimum Gasteiger partial charge on any atom is -0.497 e. The van der Waals surface area contributed by atoms with Crippen LogP contribution in [0, 0.1) is 0 Å². The molecule has 1 aromatic carbocycles. The number of hydroxylamine groups is 2. The molecule has 0 saturated heterocycles. The topological polar surface area (TPSA) is 56.2 Å². The molecule has 4 rings (SSSR count). The summed E-state index contributed by atoms with van der Waals surface area (Å²) in [5.74, 6) is 0.109. The fourth-order valence-corrected chi connectivity index (χ4v) is 4.80. The maximum Gasteiger partial charge on any atom is 0.255 e. The molecule has 1 amide bonds. The highest BCUT2D eigenvalue weighted by Gasteiger charge is 2.35. The van der Waals surface area contributed by atoms with Gasteiger partial charge in [0.05, 0.1) is 13.0 Å². The van der Waals surface area contributed by atoms with Crippen LogP contribution < -0.4 is 9.64 Å². The van der Waals surface area contributed by atoms with Crippen molar-refractivity contribution in [2.45, 2.75) is 31.6 Å². The van der Waals surface area contributed by atoms with Crippen LogP contribution in [0.1, 0.15) is 37.2 Å². The van der Waals surface area contributed by atoms with Gasteiger partial charge in [-0.2, -0.15) is 0 Å². The van der Waals surface area contributed by atoms with E-state index in [-0.39, 0.29) is 11.8 Å². The van der Waals surface area contributed by atoms with Crippen LogP contribution in [-0.2, 0) is 4.79 Å². The van der Waals surface area contributed by atoms with Gasteiger partial charge in [-0.3, -0.25) is 14.9 Å². The molecule has 3 aliphatic rings. The second-order valence-corrected chi connectivity index (χ2v) is 8.23. The van der Waals surface area contributed by atoms with E-state index in [9.17, 15) is 10.0 Å². The Kier molecular flexibility index (Phi) is 5.92. The van der Waals surface area contributed by atoms with Gasteiger partial charge in [-0.25, -0.2) is 5.06 Å². The number of ether oxygens (including phenoxy) is 1. The van der Waals surface area contributed by atoms with Crippen molar-refractivity contribution in [3.8, 4) is 5.75 Å². The molecule has 0 spiro atoms. The number of benzene rings is 1. The number of amides is 1. The number of carbonyl (C=O) groups excluding carboxylic acids is 1. The van der Waals surface area contributed by atoms with Crippen molar-refractivity contribution in [2.75, 3.05) is 51.8 Å². The lowest BCUT2D eigenvalue weighted by molar-refractivity contribution is -0.160. The molecule has 0 radical (unpaired) electrons. The van der Waals surface area contributed by atoms with Gasteiger partial charge in [-0.15, -0.1) is 0 Å². The summed E-state index contributed by atoms with van der Waals surface area (Å²) in [6.45, 7) is 4.81. The monoisotopic (exact) mass is 397 g/mol. The van der Waals surface area contributed by atoms with Crippen LogP contribution in [0.5, 0.6) is 5.75 Å². The lowest BCUT2D eigenvalue weighted by Crippen LogP contribution is -2.36. The zero-order valence-corrected chi connectivity index (χ0v) is 17.4. The number of allylic oxidation sites excluding steroid dienone is 2. The molecular formula is C23H31N3O3. The van der Waals surface area contributed by atoms with Crippen LogP contribution >= 0.6 is 0 Å². The van der Waals surface area contributed by atoms with Crippen molar-refractivity contribution in [2.24, 2.45) is 0 Å². The van der Waals surface area contributed by atoms with Crippen molar-refractivity contribution in [1.29, 1.82) is 0 Å². The summed E-state index contributed by atoms with van der Waals surface area (Å²) < 4.78 is 5.35. The largest absolute Gasteiger partial charge is 0.497 e. The van der Waals surface area contributed by atoms with Crippen LogP contribution in [0.15, 0.2) is 41.5 Å². The van der Waals surface area contributed by atoms with Crippen LogP contribution in [0.3, 0.4) is 0 Å². The van der Waals surface area contributed by atoms with Crippen LogP contribution in [-0.4, -0.2) is 68.0 Å². The number of carbonyl (C=O) groups is 1. The Morgan fingerprint density at radius 3 is 2.97 bits per heavy atom. The van der Waals surface area contributed by atoms with Gasteiger partial charge in [0.2, 0.25) is 0 Å². The number of likely N-dealkylation sites (N-methyl/N-ethyl adjacent to an activating group) is 1. The van der Waals surface area contributed by atoms with E-state index in [2.05, 4.69) is 22.0 Å². The minimum absolute atomic E-state index is 0.275. The maximum atomic E-state index is 12.5. The quantitative estimate of drug-likeness (QED) is 0.590. The van der Waals surface area contributed by atoms with E-state index in [0.29, 0.717) is 11.6 Å². The number of hydrogen-bond donors (Lipinski definition) is 1. The summed E-state index contributed by atoms with van der Waals surface area (Å²) in [5, 5.41) is 10.4. The Hall–Kier alpha value is -2.31. The maximum absolute atomic E-state index is 12.5. The molecule has 2 aliphatic heterocycles. The number of anilines is 1. The predicted molar refractivity (Wildman–Crippen MR) is 114 cm³/mol. The number of rotatable bonds is 6. The predicted octanol–water partition coefficient (Wildman–Crippen LogP) is 3.19. The summed E-state index contributed by atoms with van der Waals surface area (Å²) in [6.07, 6.45) is 9.23. The summed E-state index contributed by atoms with van der Waals surface area (Å²) in [7, 11) is 3.02. The van der Waals surface area contributed by atoms with E-state index in [1.54, 1.807) is 18.3 Å². The third-order valence-corrected chi connectivity index (χ3v) is 6.37. The van der Waals surface area contributed by atoms with E-state index >= 15 is 0 Å². The summed E-state index contributed by atoms with van der Waals surface area (Å²) in [6, 6.07) is 5.90. The molecule has 1 aromatic rings. The molecule has 1 unspecified atom stereocenters. The second-order valence-electron chi connectivity index (χ2n) is 8.23. The highest BCUT2D eigenvalue weighted by molar-refractivity contribution is 5.88. The number of methoxy groups -OCH3 is 1. The standard InChI is InChI=1S/C23H31N3O3/c1-24(28)23(27)21-16-26(22-9-8-19(29-2)14-20(21)22)12-5-11-25-13-10-17-6-3-4-7-18(17)15-25/h3,6,8-9,14,21,28H,4-5,7,10-13,15-16H2,1-2H3. The van der Waals surface area contributed by atoms with Gasteiger partial charge in [0.25, 0.3) is 5.91 Å². The highest BCUT2D eigenvalue weighted by atomic mass is 16.5. The third kappa shape index (κ3) is 4.19. The van der Waals surface area contributed by atoms with Crippen molar-refractivity contribution >= 4 is 11.6 Å². The van der Waals surface area contributed by atoms with Crippen molar-refractivity contribution in [3.05, 3.63) is 47.1 Å². The lowest BCUT2D eigenvalue weighted by Gasteiger charge is -2.32. The molecule has 156 valence electrons. The van der Waals surface area contributed by atoms with Gasteiger partial charge in [-0.05, 0) is 55.0 Å². The molecule has 1 N–H and O–H groups in total. The van der Waals surface area contributed by atoms with E-state index < -0.39 is 0 Å². The Morgan fingerprint density at radius 1 is 1.31 bits per heavy atom. The first-order valence-corrected chi connectivity index (χ1v) is 10.6. The van der Waals surface area contributed by atoms with E-state index in [4.69, 9.17) is 4.74 Å². The number of fused-ring (bicyclic) bond motifs is 1. The summed E-state index contributed by atoms with van der Waals surface area (Å²) in [4.78, 5) is 17.3. The SMILES string of the molecule is COc1ccc2c(c1)C(C(=O)N(C)O)CN2CCCN1CCC2=C(CCC=C2)C1. The first-order valence-electron chi connectivity index (χ1n) is 10.6. The van der Waals surface area contributed by atoms with E-state index in [0.717, 1.165) is 56.0 Å². The Morgan fingerprint density at radius 2 is 2.17 bits per heavy atom. The van der Waals surface area contributed by atoms with Gasteiger partial charge in [-0.1, -0.05) is 17.7 Å². The van der Waals surface area contributed by atoms with Crippen molar-refractivity contribution in [1.82, 2.24) is 9.96 Å². The van der Waals surface area contributed by atoms with Gasteiger partial charge in [0.15, 0.2) is 0 Å². The van der Waals surface area contributed by atoms with Crippen molar-refractivity contribution < 1.29 is 14.7 Å². The molecular weight excluding hydrogens is 366 g/mol. The Labute approximate surface area is 173 Å². The zero-order chi connectivity index (χ0) is 20.4. The Bertz CT molecular complexity index is 831. The van der Waals surface area contributed by atoms with Crippen molar-refractivity contribution in [3.63, 3.8) is 0 Å². The molecule has 0 aromatic heterocycles. The normalized spacial score (nSPS) is 21.2. The molecule has 6 heteroatoms. The molecule has 29 heavy (non-hydrogen) atoms. The van der Waals surface area contributed by atoms with E-state index in [1.807, 2.05) is 18.2 Å².